The second-order valence-corrected chi connectivity index (χ2v) is 3.06. The zero-order valence-corrected chi connectivity index (χ0v) is 7.39. The van der Waals surface area contributed by atoms with E-state index in [-0.39, 0.29) is 0 Å². The van der Waals surface area contributed by atoms with Gasteiger partial charge in [-0.2, -0.15) is 0 Å². The molecule has 0 aromatic rings. The van der Waals surface area contributed by atoms with E-state index >= 15 is 0 Å². The highest BCUT2D eigenvalue weighted by Crippen LogP contribution is 2.07. The molecule has 0 aliphatic carbocycles. The van der Waals surface area contributed by atoms with Crippen molar-refractivity contribution in [2.24, 2.45) is 0 Å². The highest BCUT2D eigenvalue weighted by atomic mass is 15.3. The number of nitrogens with zero attached hydrogens (tertiary/aromatic N) is 2. The first-order chi connectivity index (χ1) is 4.66. The molecule has 0 amide bonds. The van der Waals surface area contributed by atoms with E-state index in [1.807, 2.05) is 0 Å². The summed E-state index contributed by atoms with van der Waals surface area (Å²) in [6.45, 7) is 8.99. The fourth-order valence-electron chi connectivity index (χ4n) is 1.71. The maximum atomic E-state index is 2.43. The summed E-state index contributed by atoms with van der Waals surface area (Å²) < 4.78 is 2.31. The van der Waals surface area contributed by atoms with Gasteiger partial charge in [-0.25, -0.2) is 0 Å². The largest absolute Gasteiger partial charge is 0.264 e. The minimum Gasteiger partial charge on any atom is -0.264 e. The van der Waals surface area contributed by atoms with Crippen molar-refractivity contribution < 1.29 is 4.58 Å². The third kappa shape index (κ3) is 1.02. The Kier molecular flexibility index (Phi) is 1.97. The summed E-state index contributed by atoms with van der Waals surface area (Å²) in [5.41, 5.74) is 0. The maximum Gasteiger partial charge on any atom is 0.243 e. The molecule has 2 nitrogen and oxygen atoms in total. The Bertz CT molecular complexity index is 161. The molecule has 1 heterocycles. The van der Waals surface area contributed by atoms with Gasteiger partial charge >= 0.3 is 0 Å². The lowest BCUT2D eigenvalue weighted by molar-refractivity contribution is -0.490. The van der Waals surface area contributed by atoms with Gasteiger partial charge in [-0.3, -0.25) is 9.48 Å². The molecular formula is C8H17N2+. The van der Waals surface area contributed by atoms with E-state index in [9.17, 15) is 0 Å². The Labute approximate surface area is 63.2 Å². The molecule has 0 spiro atoms. The quantitative estimate of drug-likeness (QED) is 0.489. The van der Waals surface area contributed by atoms with Gasteiger partial charge in [-0.15, -0.1) is 0 Å². The minimum absolute atomic E-state index is 0.704. The molecule has 0 saturated carbocycles. The first-order valence-electron chi connectivity index (χ1n) is 3.98. The Morgan fingerprint density at radius 1 is 1.70 bits per heavy atom. The Morgan fingerprint density at radius 2 is 2.30 bits per heavy atom. The van der Waals surface area contributed by atoms with Crippen LogP contribution in [-0.2, 0) is 0 Å². The number of hydrogen-bond donors (Lipinski definition) is 0. The van der Waals surface area contributed by atoms with Crippen LogP contribution in [0.3, 0.4) is 0 Å². The summed E-state index contributed by atoms with van der Waals surface area (Å²) in [6, 6.07) is 0.704. The van der Waals surface area contributed by atoms with Crippen molar-refractivity contribution in [1.29, 1.82) is 0 Å². The summed E-state index contributed by atoms with van der Waals surface area (Å²) in [7, 11) is 2.15. The van der Waals surface area contributed by atoms with Crippen molar-refractivity contribution in [2.45, 2.75) is 26.8 Å². The molecular weight excluding hydrogens is 124 g/mol. The highest BCUT2D eigenvalue weighted by molar-refractivity contribution is 5.76. The van der Waals surface area contributed by atoms with Crippen LogP contribution in [0.2, 0.25) is 0 Å². The Morgan fingerprint density at radius 3 is 2.50 bits per heavy atom. The van der Waals surface area contributed by atoms with Crippen LogP contribution in [0.4, 0.5) is 0 Å². The van der Waals surface area contributed by atoms with Crippen molar-refractivity contribution in [2.75, 3.05) is 20.1 Å². The van der Waals surface area contributed by atoms with Crippen LogP contribution in [0, 0.1) is 0 Å². The molecule has 0 aromatic carbocycles. The molecule has 0 saturated heterocycles. The van der Waals surface area contributed by atoms with Gasteiger partial charge in [0.15, 0.2) is 0 Å². The van der Waals surface area contributed by atoms with Gasteiger partial charge in [-0.1, -0.05) is 0 Å². The molecule has 0 N–H and O–H groups in total. The fraction of sp³-hybridized carbons (Fsp3) is 0.875. The third-order valence-corrected chi connectivity index (χ3v) is 2.38. The number of amidine groups is 1. The number of hydrogen-bond acceptors (Lipinski definition) is 1. The van der Waals surface area contributed by atoms with Crippen molar-refractivity contribution in [3.05, 3.63) is 0 Å². The molecule has 0 bridgehead atoms. The topological polar surface area (TPSA) is 6.25 Å². The van der Waals surface area contributed by atoms with Crippen molar-refractivity contribution in [3.8, 4) is 0 Å². The molecule has 1 atom stereocenters. The van der Waals surface area contributed by atoms with Crippen LogP contribution in [0.1, 0.15) is 20.8 Å². The maximum absolute atomic E-state index is 2.43. The van der Waals surface area contributed by atoms with Gasteiger partial charge in [0, 0.05) is 6.92 Å². The summed E-state index contributed by atoms with van der Waals surface area (Å²) in [4.78, 5) is 2.43. The van der Waals surface area contributed by atoms with Gasteiger partial charge in [0.05, 0.1) is 13.6 Å². The molecule has 1 rings (SSSR count). The average molecular weight is 141 g/mol. The second kappa shape index (κ2) is 2.60. The second-order valence-electron chi connectivity index (χ2n) is 3.06. The Balaban J connectivity index is 2.72. The molecule has 1 unspecified atom stereocenters. The van der Waals surface area contributed by atoms with E-state index in [0.29, 0.717) is 6.04 Å². The van der Waals surface area contributed by atoms with E-state index in [1.54, 1.807) is 0 Å². The van der Waals surface area contributed by atoms with E-state index in [1.165, 1.54) is 12.4 Å². The molecule has 0 fully saturated rings. The Hall–Kier alpha value is -0.530. The minimum atomic E-state index is 0.704. The van der Waals surface area contributed by atoms with Gasteiger partial charge in [0.1, 0.15) is 12.6 Å². The molecule has 2 heteroatoms. The fourth-order valence-corrected chi connectivity index (χ4v) is 1.71. The van der Waals surface area contributed by atoms with Gasteiger partial charge in [-0.05, 0) is 13.8 Å². The molecule has 58 valence electrons. The van der Waals surface area contributed by atoms with Crippen LogP contribution in [0.5, 0.6) is 0 Å². The van der Waals surface area contributed by atoms with Crippen molar-refractivity contribution >= 4 is 5.84 Å². The normalized spacial score (nSPS) is 26.4. The molecule has 1 aliphatic rings. The van der Waals surface area contributed by atoms with Gasteiger partial charge in [0.25, 0.3) is 0 Å². The van der Waals surface area contributed by atoms with E-state index < -0.39 is 0 Å². The van der Waals surface area contributed by atoms with E-state index in [0.717, 1.165) is 6.54 Å². The summed E-state index contributed by atoms with van der Waals surface area (Å²) >= 11 is 0. The standard InChI is InChI=1S/C8H17N2/c1-5-10-7(2)6-9(4)8(10)3/h7H,5-6H2,1-4H3/q+1. The lowest BCUT2D eigenvalue weighted by atomic mass is 10.3. The summed E-state index contributed by atoms with van der Waals surface area (Å²) in [5.74, 6) is 1.41. The lowest BCUT2D eigenvalue weighted by Gasteiger charge is -2.12. The smallest absolute Gasteiger partial charge is 0.243 e. The van der Waals surface area contributed by atoms with Crippen LogP contribution < -0.4 is 0 Å². The number of likely N-dealkylation sites (N-methyl/N-ethyl adjacent to an activating group) is 2. The van der Waals surface area contributed by atoms with Gasteiger partial charge in [0.2, 0.25) is 5.84 Å². The predicted molar refractivity (Wildman–Crippen MR) is 43.6 cm³/mol. The van der Waals surface area contributed by atoms with E-state index in [2.05, 4.69) is 37.3 Å². The van der Waals surface area contributed by atoms with Gasteiger partial charge < -0.3 is 0 Å². The summed E-state index contributed by atoms with van der Waals surface area (Å²) in [5, 5.41) is 0. The number of rotatable bonds is 1. The molecule has 1 aliphatic heterocycles. The third-order valence-electron chi connectivity index (χ3n) is 2.38. The van der Waals surface area contributed by atoms with Crippen LogP contribution in [0.25, 0.3) is 0 Å². The first-order valence-corrected chi connectivity index (χ1v) is 3.98. The highest BCUT2D eigenvalue weighted by Gasteiger charge is 2.29. The molecule has 10 heavy (non-hydrogen) atoms. The van der Waals surface area contributed by atoms with Crippen molar-refractivity contribution in [3.63, 3.8) is 0 Å². The zero-order chi connectivity index (χ0) is 7.72. The monoisotopic (exact) mass is 141 g/mol. The zero-order valence-electron chi connectivity index (χ0n) is 7.39. The van der Waals surface area contributed by atoms with E-state index in [4.69, 9.17) is 0 Å². The molecule has 0 radical (unpaired) electrons. The van der Waals surface area contributed by atoms with Crippen LogP contribution in [-0.4, -0.2) is 41.5 Å². The average Bonchev–Trinajstić information content (AvgIpc) is 2.09. The predicted octanol–water partition coefficient (Wildman–Crippen LogP) is 0.771. The van der Waals surface area contributed by atoms with Crippen LogP contribution in [0.15, 0.2) is 0 Å². The lowest BCUT2D eigenvalue weighted by Crippen LogP contribution is -2.32. The van der Waals surface area contributed by atoms with Crippen LogP contribution >= 0.6 is 0 Å². The molecule has 0 aromatic heterocycles. The first kappa shape index (κ1) is 7.58. The van der Waals surface area contributed by atoms with Crippen molar-refractivity contribution in [1.82, 2.24) is 4.90 Å². The SMILES string of the molecule is CCN1C(C)=[N+](C)CC1C. The summed E-state index contributed by atoms with van der Waals surface area (Å²) in [6.07, 6.45) is 0.